The van der Waals surface area contributed by atoms with Crippen LogP contribution in [0.25, 0.3) is 0 Å². The largest absolute Gasteiger partial charge is 0.573 e. The fraction of sp³-hybridized carbons (Fsp3) is 0.375. The number of nitrogens with zero attached hydrogens (tertiary/aromatic N) is 1. The Labute approximate surface area is 119 Å². The number of halogens is 8. The average molecular weight is 450 g/mol. The second-order valence-electron chi connectivity index (χ2n) is 2.94. The van der Waals surface area contributed by atoms with E-state index in [1.165, 1.54) is 22.6 Å². The Bertz CT molecular complexity index is 446. The SMILES string of the molecule is FC(F)(F)Oc1cnc(C(F)(F)F)c(CBr)c1I. The summed E-state index contributed by atoms with van der Waals surface area (Å²) in [7, 11) is 0. The highest BCUT2D eigenvalue weighted by Gasteiger charge is 2.38. The van der Waals surface area contributed by atoms with Crippen LogP contribution >= 0.6 is 38.5 Å². The van der Waals surface area contributed by atoms with Crippen molar-refractivity contribution in [1.29, 1.82) is 0 Å². The van der Waals surface area contributed by atoms with Gasteiger partial charge in [-0.15, -0.1) is 13.2 Å². The van der Waals surface area contributed by atoms with Crippen LogP contribution in [0.1, 0.15) is 11.3 Å². The maximum absolute atomic E-state index is 12.5. The van der Waals surface area contributed by atoms with Crippen molar-refractivity contribution in [2.75, 3.05) is 0 Å². The summed E-state index contributed by atoms with van der Waals surface area (Å²) in [6.45, 7) is 0. The first-order valence-corrected chi connectivity index (χ1v) is 6.32. The molecule has 0 radical (unpaired) electrons. The van der Waals surface area contributed by atoms with Gasteiger partial charge in [0.15, 0.2) is 5.75 Å². The first kappa shape index (κ1) is 15.8. The molecule has 102 valence electrons. The van der Waals surface area contributed by atoms with Gasteiger partial charge in [0.05, 0.1) is 9.77 Å². The number of alkyl halides is 7. The van der Waals surface area contributed by atoms with Crippen molar-refractivity contribution in [1.82, 2.24) is 4.98 Å². The summed E-state index contributed by atoms with van der Waals surface area (Å²) in [5.74, 6) is -0.759. The first-order valence-electron chi connectivity index (χ1n) is 4.12. The van der Waals surface area contributed by atoms with Crippen LogP contribution in [0, 0.1) is 3.57 Å². The van der Waals surface area contributed by atoms with E-state index in [1.807, 2.05) is 0 Å². The molecule has 0 aliphatic heterocycles. The Balaban J connectivity index is 3.29. The molecule has 0 N–H and O–H groups in total. The van der Waals surface area contributed by atoms with E-state index >= 15 is 0 Å². The molecule has 18 heavy (non-hydrogen) atoms. The molecule has 1 aromatic rings. The van der Waals surface area contributed by atoms with E-state index in [2.05, 4.69) is 25.7 Å². The molecule has 0 aliphatic carbocycles. The number of aromatic nitrogens is 1. The van der Waals surface area contributed by atoms with Gasteiger partial charge in [-0.25, -0.2) is 4.98 Å². The van der Waals surface area contributed by atoms with E-state index < -0.39 is 29.5 Å². The second-order valence-corrected chi connectivity index (χ2v) is 4.58. The second kappa shape index (κ2) is 5.39. The third-order valence-corrected chi connectivity index (χ3v) is 3.45. The molecule has 0 fully saturated rings. The summed E-state index contributed by atoms with van der Waals surface area (Å²) in [5.41, 5.74) is -1.64. The molecule has 0 aromatic carbocycles. The summed E-state index contributed by atoms with van der Waals surface area (Å²) >= 11 is 4.14. The van der Waals surface area contributed by atoms with Crippen LogP contribution in [0.4, 0.5) is 26.3 Å². The van der Waals surface area contributed by atoms with Crippen LogP contribution in [0.3, 0.4) is 0 Å². The highest BCUT2D eigenvalue weighted by molar-refractivity contribution is 14.1. The lowest BCUT2D eigenvalue weighted by molar-refractivity contribution is -0.275. The van der Waals surface area contributed by atoms with Crippen LogP contribution in [0.2, 0.25) is 0 Å². The molecular formula is C8H3BrF6INO. The van der Waals surface area contributed by atoms with Gasteiger partial charge in [-0.2, -0.15) is 13.2 Å². The van der Waals surface area contributed by atoms with Crippen LogP contribution < -0.4 is 4.74 Å². The number of rotatable bonds is 2. The standard InChI is InChI=1S/C8H3BrF6INO/c9-1-3-5(16)4(18-8(13,14)15)2-17-6(3)7(10,11)12/h2H,1H2. The maximum Gasteiger partial charge on any atom is 0.573 e. The smallest absolute Gasteiger partial charge is 0.403 e. The predicted octanol–water partition coefficient (Wildman–Crippen LogP) is 4.50. The van der Waals surface area contributed by atoms with Gasteiger partial charge in [0.25, 0.3) is 0 Å². The van der Waals surface area contributed by atoms with E-state index in [1.54, 1.807) is 0 Å². The van der Waals surface area contributed by atoms with Gasteiger partial charge in [0.1, 0.15) is 5.69 Å². The molecule has 0 saturated heterocycles. The molecule has 0 amide bonds. The van der Waals surface area contributed by atoms with Crippen molar-refractivity contribution >= 4 is 38.5 Å². The summed E-state index contributed by atoms with van der Waals surface area (Å²) in [4.78, 5) is 2.98. The fourth-order valence-electron chi connectivity index (χ4n) is 1.07. The van der Waals surface area contributed by atoms with E-state index in [4.69, 9.17) is 0 Å². The van der Waals surface area contributed by atoms with Crippen molar-refractivity contribution in [3.63, 3.8) is 0 Å². The van der Waals surface area contributed by atoms with Gasteiger partial charge in [-0.05, 0) is 22.6 Å². The number of hydrogen-bond donors (Lipinski definition) is 0. The number of pyridine rings is 1. The van der Waals surface area contributed by atoms with E-state index in [0.717, 1.165) is 0 Å². The summed E-state index contributed by atoms with van der Waals surface area (Å²) in [6.07, 6.45) is -9.31. The highest BCUT2D eigenvalue weighted by atomic mass is 127. The molecule has 0 atom stereocenters. The van der Waals surface area contributed by atoms with Gasteiger partial charge in [0.2, 0.25) is 0 Å². The molecule has 10 heteroatoms. The molecule has 2 nitrogen and oxygen atoms in total. The molecule has 1 rings (SSSR count). The molecule has 0 spiro atoms. The van der Waals surface area contributed by atoms with Crippen molar-refractivity contribution in [2.24, 2.45) is 0 Å². The minimum absolute atomic E-state index is 0.288. The van der Waals surface area contributed by atoms with Crippen molar-refractivity contribution in [3.8, 4) is 5.75 Å². The summed E-state index contributed by atoms with van der Waals surface area (Å²) in [6, 6.07) is 0. The normalized spacial score (nSPS) is 12.7. The highest BCUT2D eigenvalue weighted by Crippen LogP contribution is 2.37. The molecule has 1 aromatic heterocycles. The monoisotopic (exact) mass is 449 g/mol. The van der Waals surface area contributed by atoms with Crippen LogP contribution in [0.5, 0.6) is 5.75 Å². The fourth-order valence-corrected chi connectivity index (χ4v) is 2.84. The lowest BCUT2D eigenvalue weighted by Crippen LogP contribution is -2.20. The van der Waals surface area contributed by atoms with Crippen LogP contribution in [-0.4, -0.2) is 11.3 Å². The molecule has 1 heterocycles. The van der Waals surface area contributed by atoms with Gasteiger partial charge >= 0.3 is 12.5 Å². The minimum Gasteiger partial charge on any atom is -0.403 e. The third kappa shape index (κ3) is 3.87. The van der Waals surface area contributed by atoms with E-state index in [9.17, 15) is 26.3 Å². The molecule has 0 saturated carbocycles. The zero-order valence-electron chi connectivity index (χ0n) is 8.16. The molecule has 0 aliphatic rings. The molecular weight excluding hydrogens is 447 g/mol. The van der Waals surface area contributed by atoms with Crippen molar-refractivity contribution in [2.45, 2.75) is 17.9 Å². The van der Waals surface area contributed by atoms with Crippen LogP contribution in [0.15, 0.2) is 6.20 Å². The maximum atomic E-state index is 12.5. The molecule has 0 unspecified atom stereocenters. The van der Waals surface area contributed by atoms with Gasteiger partial charge in [0, 0.05) is 10.9 Å². The van der Waals surface area contributed by atoms with Crippen molar-refractivity contribution < 1.29 is 31.1 Å². The van der Waals surface area contributed by atoms with E-state index in [0.29, 0.717) is 6.20 Å². The Morgan fingerprint density at radius 1 is 1.22 bits per heavy atom. The Kier molecular flexibility index (Phi) is 4.73. The zero-order valence-corrected chi connectivity index (χ0v) is 11.9. The molecule has 0 bridgehead atoms. The topological polar surface area (TPSA) is 22.1 Å². The van der Waals surface area contributed by atoms with Gasteiger partial charge in [-0.3, -0.25) is 0 Å². The average Bonchev–Trinajstić information content (AvgIpc) is 2.17. The van der Waals surface area contributed by atoms with Crippen LogP contribution in [-0.2, 0) is 11.5 Å². The third-order valence-electron chi connectivity index (χ3n) is 1.71. The minimum atomic E-state index is -4.98. The quantitative estimate of drug-likeness (QED) is 0.377. The van der Waals surface area contributed by atoms with Crippen molar-refractivity contribution in [3.05, 3.63) is 21.0 Å². The Morgan fingerprint density at radius 3 is 2.17 bits per heavy atom. The zero-order chi connectivity index (χ0) is 14.1. The van der Waals surface area contributed by atoms with Gasteiger partial charge < -0.3 is 4.74 Å². The first-order chi connectivity index (χ1) is 8.06. The van der Waals surface area contributed by atoms with E-state index in [-0.39, 0.29) is 8.90 Å². The van der Waals surface area contributed by atoms with Gasteiger partial charge in [-0.1, -0.05) is 15.9 Å². The lowest BCUT2D eigenvalue weighted by Gasteiger charge is -2.16. The Hall–Kier alpha value is -0.260. The number of hydrogen-bond acceptors (Lipinski definition) is 2. The lowest BCUT2D eigenvalue weighted by atomic mass is 10.2. The Morgan fingerprint density at radius 2 is 1.78 bits per heavy atom. The number of ether oxygens (including phenoxy) is 1. The summed E-state index contributed by atoms with van der Waals surface area (Å²) < 4.78 is 76.9. The predicted molar refractivity (Wildman–Crippen MR) is 61.3 cm³/mol. The summed E-state index contributed by atoms with van der Waals surface area (Å²) in [5, 5.41) is -0.290.